The summed E-state index contributed by atoms with van der Waals surface area (Å²) >= 11 is 3.23. The minimum Gasteiger partial charge on any atom is -0.399 e. The molecule has 1 aromatic heterocycles. The molecule has 0 radical (unpaired) electrons. The van der Waals surface area contributed by atoms with Gasteiger partial charge in [0.05, 0.1) is 0 Å². The molecular formula is C8H10BrN3. The fourth-order valence-electron chi connectivity index (χ4n) is 0.730. The highest BCUT2D eigenvalue weighted by molar-refractivity contribution is 9.11. The van der Waals surface area contributed by atoms with Crippen molar-refractivity contribution >= 4 is 27.4 Å². The van der Waals surface area contributed by atoms with Crippen molar-refractivity contribution in [1.29, 1.82) is 0 Å². The van der Waals surface area contributed by atoms with Gasteiger partial charge in [-0.15, -0.1) is 0 Å². The van der Waals surface area contributed by atoms with E-state index < -0.39 is 0 Å². The molecule has 0 aliphatic heterocycles. The van der Waals surface area contributed by atoms with Gasteiger partial charge in [-0.1, -0.05) is 22.5 Å². The van der Waals surface area contributed by atoms with Gasteiger partial charge in [0.2, 0.25) is 0 Å². The summed E-state index contributed by atoms with van der Waals surface area (Å²) < 4.78 is 0.881. The Labute approximate surface area is 79.8 Å². The monoisotopic (exact) mass is 227 g/mol. The number of nitrogens with two attached hydrogens (primary N) is 1. The molecule has 0 fully saturated rings. The minimum atomic E-state index is 0.649. The maximum absolute atomic E-state index is 5.55. The third-order valence-corrected chi connectivity index (χ3v) is 1.53. The molecule has 12 heavy (non-hydrogen) atoms. The number of aromatic nitrogens is 1. The van der Waals surface area contributed by atoms with Crippen molar-refractivity contribution in [1.82, 2.24) is 4.98 Å². The van der Waals surface area contributed by atoms with E-state index in [0.717, 1.165) is 10.3 Å². The Bertz CT molecular complexity index is 285. The number of halogens is 1. The normalized spacial score (nSPS) is 9.42. The zero-order valence-corrected chi connectivity index (χ0v) is 8.13. The van der Waals surface area contributed by atoms with Gasteiger partial charge in [0.15, 0.2) is 0 Å². The van der Waals surface area contributed by atoms with Crippen LogP contribution in [0.3, 0.4) is 0 Å². The van der Waals surface area contributed by atoms with Crippen LogP contribution in [0.25, 0.3) is 0 Å². The number of hydrogen-bond acceptors (Lipinski definition) is 3. The van der Waals surface area contributed by atoms with Gasteiger partial charge in [-0.25, -0.2) is 4.98 Å². The molecular weight excluding hydrogens is 218 g/mol. The first-order valence-electron chi connectivity index (χ1n) is 3.47. The van der Waals surface area contributed by atoms with Gasteiger partial charge in [-0.2, -0.15) is 0 Å². The Morgan fingerprint density at radius 1 is 1.75 bits per heavy atom. The number of nitrogens with zero attached hydrogens (tertiary/aromatic N) is 1. The fraction of sp³-hybridized carbons (Fsp3) is 0.125. The molecule has 0 atom stereocenters. The van der Waals surface area contributed by atoms with Gasteiger partial charge in [-0.3, -0.25) is 0 Å². The second kappa shape index (κ2) is 4.11. The summed E-state index contributed by atoms with van der Waals surface area (Å²) in [6, 6.07) is 3.52. The van der Waals surface area contributed by atoms with Crippen molar-refractivity contribution < 1.29 is 0 Å². The molecule has 0 amide bonds. The van der Waals surface area contributed by atoms with Crippen LogP contribution in [0.2, 0.25) is 0 Å². The highest BCUT2D eigenvalue weighted by Gasteiger charge is 1.93. The lowest BCUT2D eigenvalue weighted by Gasteiger charge is -2.03. The summed E-state index contributed by atoms with van der Waals surface area (Å²) in [7, 11) is 0. The van der Waals surface area contributed by atoms with Crippen molar-refractivity contribution in [3.05, 3.63) is 29.4 Å². The Morgan fingerprint density at radius 3 is 3.08 bits per heavy atom. The van der Waals surface area contributed by atoms with E-state index in [2.05, 4.69) is 32.8 Å². The zero-order valence-electron chi connectivity index (χ0n) is 6.55. The standard InChI is InChI=1S/C8H10BrN3/c1-6(9)5-12-8-4-7(10)2-3-11-8/h2-4H,1,5H2,(H3,10,11,12). The summed E-state index contributed by atoms with van der Waals surface area (Å²) in [6.45, 7) is 4.34. The lowest BCUT2D eigenvalue weighted by molar-refractivity contribution is 1.23. The minimum absolute atomic E-state index is 0.649. The summed E-state index contributed by atoms with van der Waals surface area (Å²) in [5.74, 6) is 0.760. The van der Waals surface area contributed by atoms with Crippen LogP contribution < -0.4 is 11.1 Å². The topological polar surface area (TPSA) is 50.9 Å². The van der Waals surface area contributed by atoms with E-state index in [4.69, 9.17) is 5.73 Å². The quantitative estimate of drug-likeness (QED) is 0.831. The van der Waals surface area contributed by atoms with Crippen LogP contribution in [0, 0.1) is 0 Å². The second-order valence-corrected chi connectivity index (χ2v) is 3.47. The van der Waals surface area contributed by atoms with Gasteiger partial charge in [0.25, 0.3) is 0 Å². The first kappa shape index (κ1) is 9.06. The Balaban J connectivity index is 2.57. The highest BCUT2D eigenvalue weighted by Crippen LogP contribution is 2.09. The number of pyridine rings is 1. The van der Waals surface area contributed by atoms with Gasteiger partial charge >= 0.3 is 0 Å². The smallest absolute Gasteiger partial charge is 0.128 e. The summed E-state index contributed by atoms with van der Waals surface area (Å²) in [5, 5.41) is 3.05. The molecule has 0 bridgehead atoms. The van der Waals surface area contributed by atoms with E-state index in [1.807, 2.05) is 0 Å². The fourth-order valence-corrected chi connectivity index (χ4v) is 0.870. The number of hydrogen-bond donors (Lipinski definition) is 2. The molecule has 3 N–H and O–H groups in total. The average Bonchev–Trinajstić information content (AvgIpc) is 2.01. The van der Waals surface area contributed by atoms with Crippen molar-refractivity contribution in [2.24, 2.45) is 0 Å². The van der Waals surface area contributed by atoms with Crippen molar-refractivity contribution in [3.63, 3.8) is 0 Å². The average molecular weight is 228 g/mol. The van der Waals surface area contributed by atoms with Crippen LogP contribution >= 0.6 is 15.9 Å². The van der Waals surface area contributed by atoms with Crippen molar-refractivity contribution in [3.8, 4) is 0 Å². The first-order chi connectivity index (χ1) is 5.68. The van der Waals surface area contributed by atoms with Gasteiger partial charge in [0.1, 0.15) is 5.82 Å². The maximum Gasteiger partial charge on any atom is 0.128 e. The van der Waals surface area contributed by atoms with Crippen LogP contribution in [0.15, 0.2) is 29.4 Å². The molecule has 1 heterocycles. The van der Waals surface area contributed by atoms with E-state index in [-0.39, 0.29) is 0 Å². The number of nitrogens with one attached hydrogen (secondary N) is 1. The third-order valence-electron chi connectivity index (χ3n) is 1.25. The molecule has 0 spiro atoms. The van der Waals surface area contributed by atoms with Crippen LogP contribution in [0.5, 0.6) is 0 Å². The largest absolute Gasteiger partial charge is 0.399 e. The third kappa shape index (κ3) is 2.92. The van der Waals surface area contributed by atoms with Crippen molar-refractivity contribution in [2.45, 2.75) is 0 Å². The molecule has 4 heteroatoms. The molecule has 3 nitrogen and oxygen atoms in total. The van der Waals surface area contributed by atoms with Crippen molar-refractivity contribution in [2.75, 3.05) is 17.6 Å². The van der Waals surface area contributed by atoms with E-state index >= 15 is 0 Å². The molecule has 0 aliphatic rings. The van der Waals surface area contributed by atoms with Gasteiger partial charge in [-0.05, 0) is 6.07 Å². The Morgan fingerprint density at radius 2 is 2.50 bits per heavy atom. The highest BCUT2D eigenvalue weighted by atomic mass is 79.9. The number of anilines is 2. The van der Waals surface area contributed by atoms with E-state index in [0.29, 0.717) is 12.2 Å². The van der Waals surface area contributed by atoms with Crippen LogP contribution in [-0.2, 0) is 0 Å². The Kier molecular flexibility index (Phi) is 3.10. The summed E-state index contributed by atoms with van der Waals surface area (Å²) in [6.07, 6.45) is 1.66. The molecule has 64 valence electrons. The van der Waals surface area contributed by atoms with Crippen LogP contribution in [0.1, 0.15) is 0 Å². The SMILES string of the molecule is C=C(Br)CNc1cc(N)ccn1. The first-order valence-corrected chi connectivity index (χ1v) is 4.26. The molecule has 0 saturated carbocycles. The van der Waals surface area contributed by atoms with E-state index in [1.54, 1.807) is 18.3 Å². The summed E-state index contributed by atoms with van der Waals surface area (Å²) in [4.78, 5) is 4.06. The molecule has 0 aliphatic carbocycles. The lowest BCUT2D eigenvalue weighted by Crippen LogP contribution is -2.02. The predicted molar refractivity (Wildman–Crippen MR) is 55.2 cm³/mol. The van der Waals surface area contributed by atoms with Crippen LogP contribution in [0.4, 0.5) is 11.5 Å². The van der Waals surface area contributed by atoms with Gasteiger partial charge in [0, 0.05) is 29.0 Å². The second-order valence-electron chi connectivity index (χ2n) is 2.35. The maximum atomic E-state index is 5.55. The Hall–Kier alpha value is -1.03. The molecule has 1 aromatic rings. The molecule has 0 aromatic carbocycles. The van der Waals surface area contributed by atoms with E-state index in [9.17, 15) is 0 Å². The predicted octanol–water partition coefficient (Wildman–Crippen LogP) is 1.98. The zero-order chi connectivity index (χ0) is 8.97. The molecule has 0 saturated heterocycles. The van der Waals surface area contributed by atoms with E-state index in [1.165, 1.54) is 0 Å². The number of nitrogen functional groups attached to an aromatic ring is 1. The van der Waals surface area contributed by atoms with Gasteiger partial charge < -0.3 is 11.1 Å². The molecule has 0 unspecified atom stereocenters. The lowest BCUT2D eigenvalue weighted by atomic mass is 10.4. The van der Waals surface area contributed by atoms with Crippen LogP contribution in [-0.4, -0.2) is 11.5 Å². The summed E-state index contributed by atoms with van der Waals surface area (Å²) in [5.41, 5.74) is 6.25. The molecule has 1 rings (SSSR count). The number of rotatable bonds is 3.